The molecule has 0 fully saturated rings. The summed E-state index contributed by atoms with van der Waals surface area (Å²) in [6, 6.07) is 10.0. The van der Waals surface area contributed by atoms with Crippen LogP contribution in [0.4, 0.5) is 5.82 Å². The first-order valence-electron chi connectivity index (χ1n) is 6.34. The van der Waals surface area contributed by atoms with Crippen molar-refractivity contribution in [3.63, 3.8) is 0 Å². The van der Waals surface area contributed by atoms with E-state index in [9.17, 15) is 9.59 Å². The summed E-state index contributed by atoms with van der Waals surface area (Å²) in [7, 11) is 0. The van der Waals surface area contributed by atoms with Gasteiger partial charge in [-0.25, -0.2) is 9.78 Å². The van der Waals surface area contributed by atoms with Crippen LogP contribution in [0.25, 0.3) is 0 Å². The van der Waals surface area contributed by atoms with Crippen LogP contribution in [-0.4, -0.2) is 23.0 Å². The first-order valence-corrected chi connectivity index (χ1v) is 7.80. The summed E-state index contributed by atoms with van der Waals surface area (Å²) in [6.45, 7) is 1.50. The third-order valence-corrected chi connectivity index (χ3v) is 3.65. The van der Waals surface area contributed by atoms with Crippen LogP contribution in [0.5, 0.6) is 0 Å². The minimum atomic E-state index is -0.941. The van der Waals surface area contributed by atoms with E-state index in [1.54, 1.807) is 36.4 Å². The van der Waals surface area contributed by atoms with Crippen molar-refractivity contribution in [2.45, 2.75) is 13.0 Å². The van der Waals surface area contributed by atoms with Gasteiger partial charge in [0, 0.05) is 9.77 Å². The minimum absolute atomic E-state index is 0.339. The van der Waals surface area contributed by atoms with Crippen LogP contribution in [-0.2, 0) is 9.53 Å². The van der Waals surface area contributed by atoms with Crippen molar-refractivity contribution in [3.8, 4) is 0 Å². The Morgan fingerprint density at radius 1 is 1.23 bits per heavy atom. The smallest absolute Gasteiger partial charge is 0.338 e. The number of pyridine rings is 1. The standard InChI is InChI=1S/C15H12ClIN2O3/c1-9(14(20)19-13-7-4-11(16)8-18-13)22-15(21)10-2-5-12(17)6-3-10/h2-9H,1H3,(H,18,19,20). The lowest BCUT2D eigenvalue weighted by atomic mass is 10.2. The lowest BCUT2D eigenvalue weighted by molar-refractivity contribution is -0.123. The average Bonchev–Trinajstić information content (AvgIpc) is 2.50. The van der Waals surface area contributed by atoms with Crippen molar-refractivity contribution in [2.24, 2.45) is 0 Å². The van der Waals surface area contributed by atoms with Crippen molar-refractivity contribution in [1.29, 1.82) is 0 Å². The van der Waals surface area contributed by atoms with Gasteiger partial charge in [-0.15, -0.1) is 0 Å². The third-order valence-electron chi connectivity index (χ3n) is 2.71. The van der Waals surface area contributed by atoms with E-state index < -0.39 is 18.0 Å². The molecule has 1 heterocycles. The second-order valence-corrected chi connectivity index (χ2v) is 6.09. The summed E-state index contributed by atoms with van der Waals surface area (Å²) in [5.74, 6) is -0.677. The van der Waals surface area contributed by atoms with Gasteiger partial charge < -0.3 is 10.1 Å². The van der Waals surface area contributed by atoms with Crippen LogP contribution in [0.2, 0.25) is 5.02 Å². The lowest BCUT2D eigenvalue weighted by Crippen LogP contribution is -2.30. The van der Waals surface area contributed by atoms with Crippen molar-refractivity contribution >= 4 is 51.9 Å². The molecule has 114 valence electrons. The largest absolute Gasteiger partial charge is 0.449 e. The molecule has 0 aliphatic carbocycles. The highest BCUT2D eigenvalue weighted by Gasteiger charge is 2.19. The molecule has 0 saturated heterocycles. The molecule has 2 rings (SSSR count). The monoisotopic (exact) mass is 430 g/mol. The normalized spacial score (nSPS) is 11.6. The maximum Gasteiger partial charge on any atom is 0.338 e. The predicted octanol–water partition coefficient (Wildman–Crippen LogP) is 3.52. The van der Waals surface area contributed by atoms with E-state index >= 15 is 0 Å². The minimum Gasteiger partial charge on any atom is -0.449 e. The number of aromatic nitrogens is 1. The lowest BCUT2D eigenvalue weighted by Gasteiger charge is -2.13. The average molecular weight is 431 g/mol. The molecule has 1 aromatic heterocycles. The van der Waals surface area contributed by atoms with Gasteiger partial charge in [-0.2, -0.15) is 0 Å². The number of hydrogen-bond acceptors (Lipinski definition) is 4. The maximum absolute atomic E-state index is 12.0. The van der Waals surface area contributed by atoms with Crippen molar-refractivity contribution in [2.75, 3.05) is 5.32 Å². The van der Waals surface area contributed by atoms with Gasteiger partial charge in [-0.05, 0) is 65.9 Å². The fourth-order valence-electron chi connectivity index (χ4n) is 1.55. The number of ether oxygens (including phenoxy) is 1. The van der Waals surface area contributed by atoms with Gasteiger partial charge >= 0.3 is 5.97 Å². The van der Waals surface area contributed by atoms with E-state index in [1.165, 1.54) is 13.1 Å². The Morgan fingerprint density at radius 2 is 1.91 bits per heavy atom. The maximum atomic E-state index is 12.0. The van der Waals surface area contributed by atoms with Crippen LogP contribution in [0.15, 0.2) is 42.6 Å². The van der Waals surface area contributed by atoms with E-state index in [1.807, 2.05) is 0 Å². The molecule has 1 aromatic carbocycles. The van der Waals surface area contributed by atoms with Crippen molar-refractivity contribution < 1.29 is 14.3 Å². The second-order valence-electron chi connectivity index (χ2n) is 4.41. The molecule has 1 atom stereocenters. The number of amides is 1. The zero-order chi connectivity index (χ0) is 16.1. The van der Waals surface area contributed by atoms with Crippen LogP contribution in [0.1, 0.15) is 17.3 Å². The Morgan fingerprint density at radius 3 is 2.50 bits per heavy atom. The molecule has 1 unspecified atom stereocenters. The number of benzene rings is 1. The number of rotatable bonds is 4. The molecule has 0 aliphatic rings. The van der Waals surface area contributed by atoms with Gasteiger partial charge in [-0.3, -0.25) is 4.79 Å². The van der Waals surface area contributed by atoms with Crippen molar-refractivity contribution in [1.82, 2.24) is 4.98 Å². The van der Waals surface area contributed by atoms with Gasteiger partial charge in [0.05, 0.1) is 10.6 Å². The Bertz CT molecular complexity index is 674. The Balaban J connectivity index is 1.94. The van der Waals surface area contributed by atoms with Crippen LogP contribution in [0.3, 0.4) is 0 Å². The number of nitrogens with one attached hydrogen (secondary N) is 1. The van der Waals surface area contributed by atoms with Gasteiger partial charge in [0.2, 0.25) is 0 Å². The first-order chi connectivity index (χ1) is 10.5. The first kappa shape index (κ1) is 16.7. The van der Waals surface area contributed by atoms with Crippen LogP contribution in [0, 0.1) is 3.57 Å². The zero-order valence-electron chi connectivity index (χ0n) is 11.5. The molecule has 0 aliphatic heterocycles. The molecule has 5 nitrogen and oxygen atoms in total. The summed E-state index contributed by atoms with van der Waals surface area (Å²) in [5, 5.41) is 3.02. The van der Waals surface area contributed by atoms with Gasteiger partial charge in [0.15, 0.2) is 6.10 Å². The second kappa shape index (κ2) is 7.55. The number of esters is 1. The quantitative estimate of drug-likeness (QED) is 0.595. The zero-order valence-corrected chi connectivity index (χ0v) is 14.5. The SMILES string of the molecule is CC(OC(=O)c1ccc(I)cc1)C(=O)Nc1ccc(Cl)cn1. The van der Waals surface area contributed by atoms with E-state index in [2.05, 4.69) is 32.9 Å². The van der Waals surface area contributed by atoms with Gasteiger partial charge in [0.25, 0.3) is 5.91 Å². The third kappa shape index (κ3) is 4.67. The van der Waals surface area contributed by atoms with E-state index in [0.717, 1.165) is 3.57 Å². The topological polar surface area (TPSA) is 68.3 Å². The van der Waals surface area contributed by atoms with Crippen LogP contribution < -0.4 is 5.32 Å². The highest BCUT2D eigenvalue weighted by Crippen LogP contribution is 2.12. The molecule has 7 heteroatoms. The highest BCUT2D eigenvalue weighted by atomic mass is 127. The molecule has 1 amide bonds. The molecule has 0 spiro atoms. The van der Waals surface area contributed by atoms with Crippen LogP contribution >= 0.6 is 34.2 Å². The molecule has 1 N–H and O–H groups in total. The Hall–Kier alpha value is -1.67. The van der Waals surface area contributed by atoms with E-state index in [4.69, 9.17) is 16.3 Å². The number of halogens is 2. The summed E-state index contributed by atoms with van der Waals surface area (Å²) in [6.07, 6.45) is 0.476. The number of carbonyl (C=O) groups excluding carboxylic acids is 2. The molecule has 2 aromatic rings. The Labute approximate surface area is 146 Å². The molecular formula is C15H12ClIN2O3. The molecular weight excluding hydrogens is 419 g/mol. The summed E-state index contributed by atoms with van der Waals surface area (Å²) in [4.78, 5) is 27.8. The fraction of sp³-hybridized carbons (Fsp3) is 0.133. The number of nitrogens with zero attached hydrogens (tertiary/aromatic N) is 1. The Kier molecular flexibility index (Phi) is 5.73. The summed E-state index contributed by atoms with van der Waals surface area (Å²) in [5.41, 5.74) is 0.393. The molecule has 22 heavy (non-hydrogen) atoms. The predicted molar refractivity (Wildman–Crippen MR) is 91.9 cm³/mol. The highest BCUT2D eigenvalue weighted by molar-refractivity contribution is 14.1. The molecule has 0 bridgehead atoms. The number of anilines is 1. The summed E-state index contributed by atoms with van der Waals surface area (Å²) >= 11 is 7.85. The summed E-state index contributed by atoms with van der Waals surface area (Å²) < 4.78 is 6.13. The van der Waals surface area contributed by atoms with Crippen molar-refractivity contribution in [3.05, 3.63) is 56.8 Å². The van der Waals surface area contributed by atoms with E-state index in [0.29, 0.717) is 16.4 Å². The van der Waals surface area contributed by atoms with E-state index in [-0.39, 0.29) is 0 Å². The van der Waals surface area contributed by atoms with Gasteiger partial charge in [-0.1, -0.05) is 11.6 Å². The van der Waals surface area contributed by atoms with Gasteiger partial charge in [0.1, 0.15) is 5.82 Å². The number of hydrogen-bond donors (Lipinski definition) is 1. The molecule has 0 saturated carbocycles. The number of carbonyl (C=O) groups is 2. The molecule has 0 radical (unpaired) electrons. The fourth-order valence-corrected chi connectivity index (χ4v) is 2.02.